The molecular formula is C22H29N5O2. The van der Waals surface area contributed by atoms with E-state index in [1.807, 2.05) is 45.2 Å². The summed E-state index contributed by atoms with van der Waals surface area (Å²) < 4.78 is 7.67. The third-order valence-corrected chi connectivity index (χ3v) is 5.04. The summed E-state index contributed by atoms with van der Waals surface area (Å²) in [6, 6.07) is 9.32. The number of carbonyl (C=O) groups excluding carboxylic acids is 1. The van der Waals surface area contributed by atoms with Gasteiger partial charge in [-0.1, -0.05) is 26.0 Å². The maximum Gasteiger partial charge on any atom is 0.256 e. The average molecular weight is 396 g/mol. The van der Waals surface area contributed by atoms with E-state index in [0.717, 1.165) is 36.4 Å². The van der Waals surface area contributed by atoms with Crippen LogP contribution in [0.5, 0.6) is 5.75 Å². The summed E-state index contributed by atoms with van der Waals surface area (Å²) in [5.41, 5.74) is 3.48. The summed E-state index contributed by atoms with van der Waals surface area (Å²) >= 11 is 0. The Morgan fingerprint density at radius 1 is 1.21 bits per heavy atom. The zero-order chi connectivity index (χ0) is 21.0. The Bertz CT molecular complexity index is 1010. The molecular weight excluding hydrogens is 366 g/mol. The summed E-state index contributed by atoms with van der Waals surface area (Å²) in [4.78, 5) is 20.0. The number of pyridine rings is 1. The first-order valence-corrected chi connectivity index (χ1v) is 10.0. The Hall–Kier alpha value is -2.93. The number of para-hydroxylation sites is 2. The molecule has 2 heterocycles. The van der Waals surface area contributed by atoms with E-state index >= 15 is 0 Å². The number of rotatable bonds is 8. The fraction of sp³-hybridized carbons (Fsp3) is 0.409. The molecule has 0 bridgehead atoms. The highest BCUT2D eigenvalue weighted by atomic mass is 16.5. The molecule has 3 rings (SSSR count). The molecule has 7 heteroatoms. The Balaban J connectivity index is 1.83. The van der Waals surface area contributed by atoms with Crippen molar-refractivity contribution in [1.82, 2.24) is 19.7 Å². The second kappa shape index (κ2) is 9.05. The summed E-state index contributed by atoms with van der Waals surface area (Å²) in [5, 5.41) is 8.20. The van der Waals surface area contributed by atoms with E-state index in [9.17, 15) is 4.79 Å². The lowest BCUT2D eigenvalue weighted by molar-refractivity contribution is 0.102. The molecule has 3 aromatic rings. The van der Waals surface area contributed by atoms with Crippen molar-refractivity contribution in [3.8, 4) is 5.75 Å². The predicted molar refractivity (Wildman–Crippen MR) is 116 cm³/mol. The number of likely N-dealkylation sites (N-methyl/N-ethyl adjacent to an activating group) is 1. The third-order valence-electron chi connectivity index (χ3n) is 5.04. The molecule has 0 aliphatic heterocycles. The van der Waals surface area contributed by atoms with Gasteiger partial charge in [0.2, 0.25) is 0 Å². The minimum Gasteiger partial charge on any atom is -0.490 e. The molecule has 7 nitrogen and oxygen atoms in total. The lowest BCUT2D eigenvalue weighted by Gasteiger charge is -2.19. The fourth-order valence-electron chi connectivity index (χ4n) is 3.46. The van der Waals surface area contributed by atoms with Crippen molar-refractivity contribution >= 4 is 22.6 Å². The maximum atomic E-state index is 13.1. The molecule has 0 aliphatic rings. The molecule has 1 amide bonds. The Kier molecular flexibility index (Phi) is 6.49. The number of aryl methyl sites for hydroxylation is 3. The van der Waals surface area contributed by atoms with Crippen molar-refractivity contribution in [3.63, 3.8) is 0 Å². The van der Waals surface area contributed by atoms with Crippen LogP contribution < -0.4 is 10.1 Å². The van der Waals surface area contributed by atoms with E-state index < -0.39 is 0 Å². The van der Waals surface area contributed by atoms with E-state index in [0.29, 0.717) is 29.3 Å². The van der Waals surface area contributed by atoms with E-state index in [-0.39, 0.29) is 5.91 Å². The van der Waals surface area contributed by atoms with Gasteiger partial charge in [-0.2, -0.15) is 5.10 Å². The number of amides is 1. The smallest absolute Gasteiger partial charge is 0.256 e. The number of benzene rings is 1. The van der Waals surface area contributed by atoms with Gasteiger partial charge in [0.1, 0.15) is 12.4 Å². The minimum atomic E-state index is -0.198. The summed E-state index contributed by atoms with van der Waals surface area (Å²) in [7, 11) is 1.84. The number of carbonyl (C=O) groups is 1. The average Bonchev–Trinajstić information content (AvgIpc) is 2.99. The Morgan fingerprint density at radius 3 is 2.66 bits per heavy atom. The minimum absolute atomic E-state index is 0.198. The third kappa shape index (κ3) is 4.56. The number of aromatic nitrogens is 3. The van der Waals surface area contributed by atoms with Crippen molar-refractivity contribution in [1.29, 1.82) is 0 Å². The van der Waals surface area contributed by atoms with Crippen molar-refractivity contribution in [2.24, 2.45) is 7.05 Å². The van der Waals surface area contributed by atoms with E-state index in [2.05, 4.69) is 34.1 Å². The number of ether oxygens (including phenoxy) is 1. The molecule has 0 unspecified atom stereocenters. The summed E-state index contributed by atoms with van der Waals surface area (Å²) in [5.74, 6) is 0.467. The molecule has 2 aromatic heterocycles. The van der Waals surface area contributed by atoms with Crippen LogP contribution in [0.25, 0.3) is 11.0 Å². The van der Waals surface area contributed by atoms with Gasteiger partial charge >= 0.3 is 0 Å². The van der Waals surface area contributed by atoms with Crippen LogP contribution in [0.4, 0.5) is 5.69 Å². The van der Waals surface area contributed by atoms with Crippen molar-refractivity contribution in [3.05, 3.63) is 47.3 Å². The second-order valence-corrected chi connectivity index (χ2v) is 7.04. The van der Waals surface area contributed by atoms with Gasteiger partial charge in [0, 0.05) is 19.3 Å². The number of fused-ring (bicyclic) bond motifs is 1. The predicted octanol–water partition coefficient (Wildman–Crippen LogP) is 3.56. The van der Waals surface area contributed by atoms with Crippen LogP contribution in [-0.4, -0.2) is 51.8 Å². The first kappa shape index (κ1) is 20.8. The zero-order valence-corrected chi connectivity index (χ0v) is 17.8. The van der Waals surface area contributed by atoms with Crippen LogP contribution in [0.1, 0.15) is 35.6 Å². The van der Waals surface area contributed by atoms with Crippen LogP contribution in [0, 0.1) is 13.8 Å². The highest BCUT2D eigenvalue weighted by molar-refractivity contribution is 6.13. The SMILES string of the molecule is CCN(CC)CCOc1ccccc1NC(=O)c1cc(C)nc2c1c(C)nn2C. The van der Waals surface area contributed by atoms with Gasteiger partial charge in [-0.3, -0.25) is 9.48 Å². The van der Waals surface area contributed by atoms with E-state index in [1.165, 1.54) is 0 Å². The lowest BCUT2D eigenvalue weighted by Crippen LogP contribution is -2.28. The van der Waals surface area contributed by atoms with Gasteiger partial charge in [-0.05, 0) is 45.1 Å². The molecule has 29 heavy (non-hydrogen) atoms. The molecule has 1 N–H and O–H groups in total. The van der Waals surface area contributed by atoms with Crippen LogP contribution >= 0.6 is 0 Å². The second-order valence-electron chi connectivity index (χ2n) is 7.04. The summed E-state index contributed by atoms with van der Waals surface area (Å²) in [6.07, 6.45) is 0. The molecule has 0 aliphatic carbocycles. The maximum absolute atomic E-state index is 13.1. The van der Waals surface area contributed by atoms with Gasteiger partial charge in [-0.15, -0.1) is 0 Å². The summed E-state index contributed by atoms with van der Waals surface area (Å²) in [6.45, 7) is 11.4. The lowest BCUT2D eigenvalue weighted by atomic mass is 10.1. The molecule has 1 aromatic carbocycles. The van der Waals surface area contributed by atoms with Crippen molar-refractivity contribution in [2.45, 2.75) is 27.7 Å². The van der Waals surface area contributed by atoms with Crippen LogP contribution in [0.3, 0.4) is 0 Å². The topological polar surface area (TPSA) is 72.3 Å². The van der Waals surface area contributed by atoms with Gasteiger partial charge < -0.3 is 15.0 Å². The number of hydrogen-bond donors (Lipinski definition) is 1. The van der Waals surface area contributed by atoms with E-state index in [4.69, 9.17) is 4.74 Å². The first-order valence-electron chi connectivity index (χ1n) is 10.0. The Labute approximate surface area is 171 Å². The normalized spacial score (nSPS) is 11.2. The largest absolute Gasteiger partial charge is 0.490 e. The van der Waals surface area contributed by atoms with Crippen LogP contribution in [-0.2, 0) is 7.05 Å². The fourth-order valence-corrected chi connectivity index (χ4v) is 3.46. The monoisotopic (exact) mass is 395 g/mol. The quantitative estimate of drug-likeness (QED) is 0.631. The van der Waals surface area contributed by atoms with Gasteiger partial charge in [-0.25, -0.2) is 4.98 Å². The van der Waals surface area contributed by atoms with Crippen LogP contribution in [0.15, 0.2) is 30.3 Å². The zero-order valence-electron chi connectivity index (χ0n) is 17.8. The number of hydrogen-bond acceptors (Lipinski definition) is 5. The highest BCUT2D eigenvalue weighted by Gasteiger charge is 2.19. The molecule has 0 fully saturated rings. The Morgan fingerprint density at radius 2 is 1.93 bits per heavy atom. The van der Waals surface area contributed by atoms with Gasteiger partial charge in [0.25, 0.3) is 5.91 Å². The van der Waals surface area contributed by atoms with Crippen LogP contribution in [0.2, 0.25) is 0 Å². The molecule has 0 radical (unpaired) electrons. The number of anilines is 1. The van der Waals surface area contributed by atoms with E-state index in [1.54, 1.807) is 10.7 Å². The number of nitrogens with one attached hydrogen (secondary N) is 1. The standard InChI is InChI=1S/C22H29N5O2/c1-6-27(7-2)12-13-29-19-11-9-8-10-18(19)24-22(28)17-14-15(3)23-21-20(17)16(4)25-26(21)5/h8-11,14H,6-7,12-13H2,1-5H3,(H,24,28). The van der Waals surface area contributed by atoms with Gasteiger partial charge in [0.15, 0.2) is 5.65 Å². The van der Waals surface area contributed by atoms with Crippen molar-refractivity contribution < 1.29 is 9.53 Å². The molecule has 0 saturated carbocycles. The highest BCUT2D eigenvalue weighted by Crippen LogP contribution is 2.27. The molecule has 0 atom stereocenters. The molecule has 0 spiro atoms. The first-order chi connectivity index (χ1) is 13.9. The molecule has 0 saturated heterocycles. The molecule has 154 valence electrons. The van der Waals surface area contributed by atoms with Gasteiger partial charge in [0.05, 0.1) is 22.3 Å². The van der Waals surface area contributed by atoms with Crippen molar-refractivity contribution in [2.75, 3.05) is 31.6 Å². The number of nitrogens with zero attached hydrogens (tertiary/aromatic N) is 4.